The van der Waals surface area contributed by atoms with Crippen molar-refractivity contribution in [1.82, 2.24) is 10.2 Å². The molecule has 0 aliphatic heterocycles. The number of esters is 1. The fourth-order valence-electron chi connectivity index (χ4n) is 1.64. The number of aryl methyl sites for hydroxylation is 3. The molecular formula is C13H14N2O3. The molecule has 0 atom stereocenters. The standard InChI is InChI=1S/C13H14N2O3/c1-9-4-3-5-10(8-9)6-7-11-14-15-12(18-11)13(16)17-2/h3-5,8H,6-7H2,1-2H3. The Hall–Kier alpha value is -2.17. The first kappa shape index (κ1) is 12.3. The molecule has 1 aromatic heterocycles. The number of hydrogen-bond acceptors (Lipinski definition) is 5. The van der Waals surface area contributed by atoms with Crippen molar-refractivity contribution in [2.45, 2.75) is 19.8 Å². The summed E-state index contributed by atoms with van der Waals surface area (Å²) in [4.78, 5) is 11.1. The maximum atomic E-state index is 11.1. The van der Waals surface area contributed by atoms with E-state index >= 15 is 0 Å². The van der Waals surface area contributed by atoms with E-state index < -0.39 is 5.97 Å². The first-order valence-corrected chi connectivity index (χ1v) is 5.65. The van der Waals surface area contributed by atoms with E-state index in [1.165, 1.54) is 18.2 Å². The third-order valence-electron chi connectivity index (χ3n) is 2.54. The molecule has 0 N–H and O–H groups in total. The predicted octanol–water partition coefficient (Wildman–Crippen LogP) is 1.95. The van der Waals surface area contributed by atoms with E-state index in [1.54, 1.807) is 0 Å². The summed E-state index contributed by atoms with van der Waals surface area (Å²) in [6.45, 7) is 2.05. The van der Waals surface area contributed by atoms with Crippen molar-refractivity contribution in [3.63, 3.8) is 0 Å². The molecule has 0 spiro atoms. The highest BCUT2D eigenvalue weighted by molar-refractivity contribution is 5.83. The van der Waals surface area contributed by atoms with Crippen molar-refractivity contribution in [3.05, 3.63) is 47.2 Å². The molecule has 5 nitrogen and oxygen atoms in total. The van der Waals surface area contributed by atoms with Gasteiger partial charge in [0, 0.05) is 6.42 Å². The second-order valence-electron chi connectivity index (χ2n) is 3.98. The lowest BCUT2D eigenvalue weighted by molar-refractivity contribution is 0.0554. The van der Waals surface area contributed by atoms with Crippen LogP contribution in [0.3, 0.4) is 0 Å². The van der Waals surface area contributed by atoms with Crippen LogP contribution in [0.4, 0.5) is 0 Å². The molecule has 0 radical (unpaired) electrons. The topological polar surface area (TPSA) is 65.2 Å². The summed E-state index contributed by atoms with van der Waals surface area (Å²) in [6, 6.07) is 8.21. The Bertz CT molecular complexity index is 549. The number of carbonyl (C=O) groups excluding carboxylic acids is 1. The van der Waals surface area contributed by atoms with E-state index in [2.05, 4.69) is 21.0 Å². The number of carbonyl (C=O) groups is 1. The second kappa shape index (κ2) is 5.44. The van der Waals surface area contributed by atoms with Gasteiger partial charge in [0.1, 0.15) is 0 Å². The highest BCUT2D eigenvalue weighted by Crippen LogP contribution is 2.09. The molecule has 0 bridgehead atoms. The van der Waals surface area contributed by atoms with Crippen LogP contribution in [-0.4, -0.2) is 23.3 Å². The van der Waals surface area contributed by atoms with Crippen molar-refractivity contribution in [3.8, 4) is 0 Å². The summed E-state index contributed by atoms with van der Waals surface area (Å²) in [5.41, 5.74) is 2.42. The minimum Gasteiger partial charge on any atom is -0.462 e. The zero-order valence-corrected chi connectivity index (χ0v) is 10.3. The van der Waals surface area contributed by atoms with Crippen molar-refractivity contribution < 1.29 is 13.9 Å². The maximum Gasteiger partial charge on any atom is 0.396 e. The van der Waals surface area contributed by atoms with Crippen molar-refractivity contribution in [1.29, 1.82) is 0 Å². The molecule has 0 aliphatic carbocycles. The van der Waals surface area contributed by atoms with Crippen LogP contribution in [0.1, 0.15) is 27.7 Å². The first-order valence-electron chi connectivity index (χ1n) is 5.65. The van der Waals surface area contributed by atoms with Crippen molar-refractivity contribution in [2.24, 2.45) is 0 Å². The normalized spacial score (nSPS) is 10.3. The lowest BCUT2D eigenvalue weighted by Gasteiger charge is -1.99. The lowest BCUT2D eigenvalue weighted by Crippen LogP contribution is -2.00. The monoisotopic (exact) mass is 246 g/mol. The van der Waals surface area contributed by atoms with Crippen molar-refractivity contribution >= 4 is 5.97 Å². The Balaban J connectivity index is 1.98. The summed E-state index contributed by atoms with van der Waals surface area (Å²) in [6.07, 6.45) is 1.40. The third kappa shape index (κ3) is 2.94. The van der Waals surface area contributed by atoms with E-state index in [4.69, 9.17) is 4.42 Å². The van der Waals surface area contributed by atoms with Gasteiger partial charge >= 0.3 is 11.9 Å². The number of hydrogen-bond donors (Lipinski definition) is 0. The predicted molar refractivity (Wildman–Crippen MR) is 64.2 cm³/mol. The highest BCUT2D eigenvalue weighted by atomic mass is 16.5. The molecule has 94 valence electrons. The third-order valence-corrected chi connectivity index (χ3v) is 2.54. The Morgan fingerprint density at radius 1 is 1.33 bits per heavy atom. The molecule has 0 fully saturated rings. The van der Waals surface area contributed by atoms with Crippen LogP contribution in [0.5, 0.6) is 0 Å². The summed E-state index contributed by atoms with van der Waals surface area (Å²) in [5, 5.41) is 7.43. The molecule has 0 amide bonds. The molecule has 5 heteroatoms. The van der Waals surface area contributed by atoms with Gasteiger partial charge < -0.3 is 9.15 Å². The molecule has 1 aromatic carbocycles. The van der Waals surface area contributed by atoms with Crippen LogP contribution in [0.15, 0.2) is 28.7 Å². The van der Waals surface area contributed by atoms with E-state index in [-0.39, 0.29) is 5.89 Å². The van der Waals surface area contributed by atoms with Crippen LogP contribution in [0, 0.1) is 6.92 Å². The van der Waals surface area contributed by atoms with Crippen LogP contribution in [0.2, 0.25) is 0 Å². The molecule has 0 unspecified atom stereocenters. The van der Waals surface area contributed by atoms with Gasteiger partial charge in [-0.2, -0.15) is 0 Å². The van der Waals surface area contributed by atoms with Gasteiger partial charge in [-0.1, -0.05) is 29.8 Å². The second-order valence-corrected chi connectivity index (χ2v) is 3.98. The largest absolute Gasteiger partial charge is 0.462 e. The van der Waals surface area contributed by atoms with Crippen LogP contribution in [0.25, 0.3) is 0 Å². The van der Waals surface area contributed by atoms with Gasteiger partial charge in [0.05, 0.1) is 7.11 Å². The molecule has 2 rings (SSSR count). The zero-order valence-electron chi connectivity index (χ0n) is 10.3. The van der Waals surface area contributed by atoms with E-state index in [0.29, 0.717) is 12.3 Å². The first-order chi connectivity index (χ1) is 8.69. The van der Waals surface area contributed by atoms with Crippen LogP contribution < -0.4 is 0 Å². The summed E-state index contributed by atoms with van der Waals surface area (Å²) >= 11 is 0. The number of ether oxygens (including phenoxy) is 1. The van der Waals surface area contributed by atoms with Gasteiger partial charge in [-0.05, 0) is 18.9 Å². The number of nitrogens with zero attached hydrogens (tertiary/aromatic N) is 2. The molecular weight excluding hydrogens is 232 g/mol. The molecule has 1 heterocycles. The molecule has 0 saturated carbocycles. The Morgan fingerprint density at radius 3 is 2.89 bits per heavy atom. The quantitative estimate of drug-likeness (QED) is 0.771. The van der Waals surface area contributed by atoms with E-state index in [1.807, 2.05) is 25.1 Å². The van der Waals surface area contributed by atoms with E-state index in [9.17, 15) is 4.79 Å². The van der Waals surface area contributed by atoms with Gasteiger partial charge in [0.2, 0.25) is 5.89 Å². The molecule has 0 saturated heterocycles. The Labute approximate surface area is 105 Å². The number of rotatable bonds is 4. The smallest absolute Gasteiger partial charge is 0.396 e. The minimum absolute atomic E-state index is 0.100. The van der Waals surface area contributed by atoms with Gasteiger partial charge in [0.15, 0.2) is 0 Å². The van der Waals surface area contributed by atoms with Crippen molar-refractivity contribution in [2.75, 3.05) is 7.11 Å². The Morgan fingerprint density at radius 2 is 2.17 bits per heavy atom. The molecule has 0 aliphatic rings. The number of methoxy groups -OCH3 is 1. The van der Waals surface area contributed by atoms with Crippen LogP contribution in [-0.2, 0) is 17.6 Å². The molecule has 18 heavy (non-hydrogen) atoms. The van der Waals surface area contributed by atoms with Crippen LogP contribution >= 0.6 is 0 Å². The summed E-state index contributed by atoms with van der Waals surface area (Å²) in [7, 11) is 1.28. The molecule has 2 aromatic rings. The van der Waals surface area contributed by atoms with E-state index in [0.717, 1.165) is 6.42 Å². The van der Waals surface area contributed by atoms with Gasteiger partial charge in [-0.15, -0.1) is 10.2 Å². The summed E-state index contributed by atoms with van der Waals surface area (Å²) < 4.78 is 9.68. The maximum absolute atomic E-state index is 11.1. The average Bonchev–Trinajstić information content (AvgIpc) is 2.84. The van der Waals surface area contributed by atoms with Gasteiger partial charge in [-0.25, -0.2) is 4.79 Å². The number of aromatic nitrogens is 2. The SMILES string of the molecule is COC(=O)c1nnc(CCc2cccc(C)c2)o1. The van der Waals surface area contributed by atoms with Gasteiger partial charge in [-0.3, -0.25) is 0 Å². The lowest BCUT2D eigenvalue weighted by atomic mass is 10.1. The van der Waals surface area contributed by atoms with Gasteiger partial charge in [0.25, 0.3) is 0 Å². The minimum atomic E-state index is -0.607. The number of benzene rings is 1. The zero-order chi connectivity index (χ0) is 13.0. The Kier molecular flexibility index (Phi) is 3.72. The fraction of sp³-hybridized carbons (Fsp3) is 0.308. The highest BCUT2D eigenvalue weighted by Gasteiger charge is 2.14. The average molecular weight is 246 g/mol. The fourth-order valence-corrected chi connectivity index (χ4v) is 1.64. The summed E-state index contributed by atoms with van der Waals surface area (Å²) in [5.74, 6) is -0.266.